The third kappa shape index (κ3) is 5.41. The summed E-state index contributed by atoms with van der Waals surface area (Å²) in [5.41, 5.74) is 20.3. The fourth-order valence-electron chi connectivity index (χ4n) is 13.2. The van der Waals surface area contributed by atoms with Crippen molar-refractivity contribution >= 4 is 124 Å². The van der Waals surface area contributed by atoms with E-state index >= 15 is 0 Å². The lowest BCUT2D eigenvalue weighted by molar-refractivity contribution is 0.487. The minimum atomic E-state index is -0.129. The van der Waals surface area contributed by atoms with Crippen molar-refractivity contribution < 1.29 is 9.47 Å². The van der Waals surface area contributed by atoms with Gasteiger partial charge in [0.25, 0.3) is 13.4 Å². The maximum absolute atomic E-state index is 7.16. The highest BCUT2D eigenvalue weighted by atomic mass is 16.5. The van der Waals surface area contributed by atoms with Gasteiger partial charge in [-0.15, -0.1) is 0 Å². The van der Waals surface area contributed by atoms with Crippen molar-refractivity contribution in [3.05, 3.63) is 243 Å². The van der Waals surface area contributed by atoms with Crippen molar-refractivity contribution in [1.82, 2.24) is 9.13 Å². The van der Waals surface area contributed by atoms with Gasteiger partial charge in [-0.05, 0) is 112 Å². The van der Waals surface area contributed by atoms with Gasteiger partial charge in [0, 0.05) is 67.8 Å². The van der Waals surface area contributed by atoms with E-state index in [4.69, 9.17) is 9.47 Å². The van der Waals surface area contributed by atoms with E-state index in [0.29, 0.717) is 0 Å². The molecule has 0 fully saturated rings. The summed E-state index contributed by atoms with van der Waals surface area (Å²) in [5, 5.41) is 4.87. The fourth-order valence-corrected chi connectivity index (χ4v) is 13.2. The summed E-state index contributed by atoms with van der Waals surface area (Å²) in [6.45, 7) is -0.257. The molecule has 6 nitrogen and oxygen atoms in total. The normalized spacial score (nSPS) is 13.5. The third-order valence-electron chi connectivity index (χ3n) is 16.2. The molecule has 0 saturated carbocycles. The quantitative estimate of drug-likeness (QED) is 0.165. The first-order chi connectivity index (χ1) is 36.7. The van der Waals surface area contributed by atoms with Gasteiger partial charge in [-0.3, -0.25) is 0 Å². The summed E-state index contributed by atoms with van der Waals surface area (Å²) in [5.74, 6) is 3.47. The zero-order valence-electron chi connectivity index (χ0n) is 39.9. The van der Waals surface area contributed by atoms with Crippen LogP contribution in [0.4, 0.5) is 34.1 Å². The number of anilines is 6. The van der Waals surface area contributed by atoms with Crippen LogP contribution >= 0.6 is 0 Å². The van der Waals surface area contributed by atoms with Crippen molar-refractivity contribution in [2.45, 2.75) is 0 Å². The maximum Gasteiger partial charge on any atom is 0.256 e. The van der Waals surface area contributed by atoms with Crippen LogP contribution in [0.15, 0.2) is 243 Å². The van der Waals surface area contributed by atoms with E-state index in [1.54, 1.807) is 0 Å². The van der Waals surface area contributed by atoms with E-state index in [9.17, 15) is 0 Å². The number of aromatic nitrogens is 2. The minimum absolute atomic E-state index is 0.129. The summed E-state index contributed by atoms with van der Waals surface area (Å²) in [4.78, 5) is 4.99. The monoisotopic (exact) mass is 942 g/mol. The van der Waals surface area contributed by atoms with E-state index in [-0.39, 0.29) is 13.4 Å². The molecule has 0 radical (unpaired) electrons. The smallest absolute Gasteiger partial charge is 0.256 e. The second-order valence-electron chi connectivity index (χ2n) is 20.0. The van der Waals surface area contributed by atoms with Crippen molar-refractivity contribution in [3.8, 4) is 34.4 Å². The van der Waals surface area contributed by atoms with Crippen LogP contribution in [0.3, 0.4) is 0 Å². The number of hydrogen-bond donors (Lipinski definition) is 0. The molecule has 17 rings (SSSR count). The Balaban J connectivity index is 0.980. The largest absolute Gasteiger partial charge is 0.458 e. The van der Waals surface area contributed by atoms with Crippen LogP contribution in [-0.2, 0) is 0 Å². The van der Waals surface area contributed by atoms with Crippen LogP contribution in [0.2, 0.25) is 0 Å². The van der Waals surface area contributed by atoms with E-state index < -0.39 is 0 Å². The predicted molar refractivity (Wildman–Crippen MR) is 307 cm³/mol. The van der Waals surface area contributed by atoms with Crippen molar-refractivity contribution in [1.29, 1.82) is 0 Å². The Kier molecular flexibility index (Phi) is 8.08. The molecule has 13 aromatic rings. The molecule has 0 N–H and O–H groups in total. The van der Waals surface area contributed by atoms with Gasteiger partial charge in [0.05, 0.1) is 33.4 Å². The average molecular weight is 943 g/mol. The van der Waals surface area contributed by atoms with Gasteiger partial charge in [0.1, 0.15) is 23.0 Å². The summed E-state index contributed by atoms with van der Waals surface area (Å²) >= 11 is 0. The molecular formula is C66H40B2N4O2. The molecular weight excluding hydrogens is 902 g/mol. The molecule has 0 aliphatic carbocycles. The zero-order valence-corrected chi connectivity index (χ0v) is 39.9. The molecule has 8 heteroatoms. The predicted octanol–water partition coefficient (Wildman–Crippen LogP) is 12.7. The molecule has 6 heterocycles. The van der Waals surface area contributed by atoms with Crippen molar-refractivity contribution in [3.63, 3.8) is 0 Å². The van der Waals surface area contributed by atoms with Gasteiger partial charge in [-0.1, -0.05) is 152 Å². The van der Waals surface area contributed by atoms with Gasteiger partial charge in [0.15, 0.2) is 0 Å². The van der Waals surface area contributed by atoms with Gasteiger partial charge >= 0.3 is 0 Å². The number of ether oxygens (including phenoxy) is 2. The summed E-state index contributed by atoms with van der Waals surface area (Å²) in [6.07, 6.45) is 0. The number of nitrogens with zero attached hydrogens (tertiary/aromatic N) is 4. The lowest BCUT2D eigenvalue weighted by Gasteiger charge is -2.44. The molecule has 74 heavy (non-hydrogen) atoms. The van der Waals surface area contributed by atoms with Crippen LogP contribution in [0, 0.1) is 0 Å². The van der Waals surface area contributed by atoms with Crippen LogP contribution in [0.25, 0.3) is 55.0 Å². The Morgan fingerprint density at radius 3 is 1.01 bits per heavy atom. The summed E-state index contributed by atoms with van der Waals surface area (Å²) < 4.78 is 19.1. The van der Waals surface area contributed by atoms with Crippen LogP contribution < -0.4 is 52.1 Å². The molecule has 0 saturated heterocycles. The minimum Gasteiger partial charge on any atom is -0.458 e. The molecule has 0 bridgehead atoms. The highest BCUT2D eigenvalue weighted by Crippen LogP contribution is 2.48. The zero-order chi connectivity index (χ0) is 48.2. The highest BCUT2D eigenvalue weighted by Gasteiger charge is 2.47. The lowest BCUT2D eigenvalue weighted by atomic mass is 9.31. The number of benzene rings is 11. The number of para-hydroxylation sites is 8. The molecule has 0 amide bonds. The Labute approximate surface area is 427 Å². The maximum atomic E-state index is 7.16. The molecule has 0 unspecified atom stereocenters. The Hall–Kier alpha value is -9.65. The third-order valence-corrected chi connectivity index (χ3v) is 16.2. The first-order valence-corrected chi connectivity index (χ1v) is 25.5. The van der Waals surface area contributed by atoms with Gasteiger partial charge in [-0.25, -0.2) is 0 Å². The SMILES string of the molecule is c1ccc(N2c3cc4c(cc3B3c5ccccc5Oc5cc(-n6c7ccccc7c7ccccc76)cc2c53)B2c3ccccc3Oc3cc(-n5c6ccccc6c6ccccc65)cc(c32)N4c2ccccc2)cc1. The second-order valence-corrected chi connectivity index (χ2v) is 20.0. The van der Waals surface area contributed by atoms with E-state index in [1.165, 1.54) is 32.5 Å². The van der Waals surface area contributed by atoms with Gasteiger partial charge in [-0.2, -0.15) is 0 Å². The van der Waals surface area contributed by atoms with E-state index in [0.717, 1.165) is 112 Å². The molecule has 4 aliphatic rings. The first kappa shape index (κ1) is 40.0. The van der Waals surface area contributed by atoms with Crippen LogP contribution in [-0.4, -0.2) is 22.6 Å². The van der Waals surface area contributed by atoms with Gasteiger partial charge in [0.2, 0.25) is 0 Å². The number of rotatable bonds is 4. The Morgan fingerprint density at radius 2 is 0.608 bits per heavy atom. The fraction of sp³-hybridized carbons (Fsp3) is 0. The topological polar surface area (TPSA) is 34.8 Å². The molecule has 2 aromatic heterocycles. The van der Waals surface area contributed by atoms with Crippen LogP contribution in [0.1, 0.15) is 0 Å². The van der Waals surface area contributed by atoms with Crippen molar-refractivity contribution in [2.24, 2.45) is 0 Å². The molecule has 11 aromatic carbocycles. The molecule has 342 valence electrons. The Bertz CT molecular complexity index is 4150. The number of hydrogen-bond acceptors (Lipinski definition) is 4. The van der Waals surface area contributed by atoms with E-state index in [2.05, 4.69) is 262 Å². The molecule has 4 aliphatic heterocycles. The lowest BCUT2D eigenvalue weighted by Crippen LogP contribution is -2.63. The number of fused-ring (bicyclic) bond motifs is 14. The van der Waals surface area contributed by atoms with Gasteiger partial charge < -0.3 is 28.4 Å². The summed E-state index contributed by atoms with van der Waals surface area (Å²) in [6, 6.07) is 88.4. The van der Waals surface area contributed by atoms with E-state index in [1.807, 2.05) is 0 Å². The Morgan fingerprint density at radius 1 is 0.257 bits per heavy atom. The van der Waals surface area contributed by atoms with Crippen molar-refractivity contribution in [2.75, 3.05) is 9.80 Å². The summed E-state index contributed by atoms with van der Waals surface area (Å²) in [7, 11) is 0. The standard InChI is InChI=1S/C66H40B2N4O2/c1-3-19-41(20-4-1)69-57-40-58-52(39-51(57)67-49-27-11-17-33-61(49)73-63-37-43(35-59(69)65(63)67)71-53-29-13-7-23-45(53)46-24-8-14-30-54(46)71)68-50-28-12-18-34-62(50)74-64-38-44(36-60(66(64)68)70(58)42-21-5-2-6-22-42)72-55-31-15-9-25-47(55)48-26-10-16-32-56(48)72/h1-40H. The van der Waals surface area contributed by atoms with Crippen LogP contribution in [0.5, 0.6) is 23.0 Å². The molecule has 0 spiro atoms. The first-order valence-electron chi connectivity index (χ1n) is 25.5. The molecule has 0 atom stereocenters. The second kappa shape index (κ2) is 14.9. The highest BCUT2D eigenvalue weighted by molar-refractivity contribution is 7.02. The average Bonchev–Trinajstić information content (AvgIpc) is 3.98.